The molecule has 0 aromatic carbocycles. The summed E-state index contributed by atoms with van der Waals surface area (Å²) in [4.78, 5) is 4.07. The predicted molar refractivity (Wildman–Crippen MR) is 80.2 cm³/mol. The molecule has 0 radical (unpaired) electrons. The van der Waals surface area contributed by atoms with Crippen molar-refractivity contribution in [1.29, 1.82) is 0 Å². The van der Waals surface area contributed by atoms with Crippen molar-refractivity contribution in [2.45, 2.75) is 39.2 Å². The summed E-state index contributed by atoms with van der Waals surface area (Å²) in [6.07, 6.45) is 4.04. The Balaban J connectivity index is 1.56. The molecule has 3 heteroatoms. The van der Waals surface area contributed by atoms with Crippen LogP contribution in [0.15, 0.2) is 17.5 Å². The third kappa shape index (κ3) is 4.38. The second kappa shape index (κ2) is 7.27. The lowest BCUT2D eigenvalue weighted by Gasteiger charge is -2.30. The van der Waals surface area contributed by atoms with Gasteiger partial charge in [0.25, 0.3) is 0 Å². The van der Waals surface area contributed by atoms with E-state index in [1.165, 1.54) is 43.8 Å². The van der Waals surface area contributed by atoms with Crippen molar-refractivity contribution in [2.75, 3.05) is 26.2 Å². The van der Waals surface area contributed by atoms with E-state index in [4.69, 9.17) is 0 Å². The summed E-state index contributed by atoms with van der Waals surface area (Å²) in [5.74, 6) is 0.943. The third-order valence-electron chi connectivity index (χ3n) is 3.95. The normalized spacial score (nSPS) is 20.1. The van der Waals surface area contributed by atoms with E-state index in [-0.39, 0.29) is 0 Å². The van der Waals surface area contributed by atoms with Crippen LogP contribution in [0.1, 0.15) is 44.0 Å². The van der Waals surface area contributed by atoms with Crippen LogP contribution in [-0.4, -0.2) is 31.1 Å². The average Bonchev–Trinajstić information content (AvgIpc) is 2.90. The first-order chi connectivity index (χ1) is 8.75. The molecule has 0 bridgehead atoms. The SMILES string of the molecule is CC1CCN(CCCNC(C)c2cccs2)CC1. The van der Waals surface area contributed by atoms with Gasteiger partial charge in [-0.1, -0.05) is 13.0 Å². The first-order valence-electron chi connectivity index (χ1n) is 7.25. The van der Waals surface area contributed by atoms with Crippen molar-refractivity contribution >= 4 is 11.3 Å². The average molecular weight is 266 g/mol. The maximum absolute atomic E-state index is 3.62. The van der Waals surface area contributed by atoms with Gasteiger partial charge in [0.1, 0.15) is 0 Å². The Morgan fingerprint density at radius 3 is 2.89 bits per heavy atom. The second-order valence-electron chi connectivity index (χ2n) is 5.57. The molecular formula is C15H26N2S. The Hall–Kier alpha value is -0.380. The second-order valence-corrected chi connectivity index (χ2v) is 6.55. The number of hydrogen-bond acceptors (Lipinski definition) is 3. The predicted octanol–water partition coefficient (Wildman–Crippen LogP) is 3.52. The number of nitrogens with one attached hydrogen (secondary N) is 1. The Labute approximate surface area is 115 Å². The van der Waals surface area contributed by atoms with Crippen LogP contribution in [0.5, 0.6) is 0 Å². The largest absolute Gasteiger partial charge is 0.309 e. The van der Waals surface area contributed by atoms with E-state index in [2.05, 4.69) is 41.6 Å². The summed E-state index contributed by atoms with van der Waals surface area (Å²) in [5.41, 5.74) is 0. The van der Waals surface area contributed by atoms with E-state index >= 15 is 0 Å². The first kappa shape index (κ1) is 14.0. The monoisotopic (exact) mass is 266 g/mol. The van der Waals surface area contributed by atoms with Crippen LogP contribution < -0.4 is 5.32 Å². The number of likely N-dealkylation sites (tertiary alicyclic amines) is 1. The van der Waals surface area contributed by atoms with Crippen molar-refractivity contribution < 1.29 is 0 Å². The summed E-state index contributed by atoms with van der Waals surface area (Å²) in [5, 5.41) is 5.77. The summed E-state index contributed by atoms with van der Waals surface area (Å²) < 4.78 is 0. The van der Waals surface area contributed by atoms with Gasteiger partial charge in [0, 0.05) is 10.9 Å². The Bertz CT molecular complexity index is 315. The minimum absolute atomic E-state index is 0.506. The van der Waals surface area contributed by atoms with Crippen molar-refractivity contribution in [3.8, 4) is 0 Å². The molecule has 2 rings (SSSR count). The highest BCUT2D eigenvalue weighted by Gasteiger charge is 2.14. The van der Waals surface area contributed by atoms with Crippen molar-refractivity contribution in [1.82, 2.24) is 10.2 Å². The summed E-state index contributed by atoms with van der Waals surface area (Å²) >= 11 is 1.84. The van der Waals surface area contributed by atoms with E-state index in [9.17, 15) is 0 Å². The van der Waals surface area contributed by atoms with E-state index in [1.54, 1.807) is 0 Å². The number of hydrogen-bond donors (Lipinski definition) is 1. The third-order valence-corrected chi connectivity index (χ3v) is 5.00. The highest BCUT2D eigenvalue weighted by molar-refractivity contribution is 7.10. The molecule has 0 saturated carbocycles. The van der Waals surface area contributed by atoms with Gasteiger partial charge in [0.05, 0.1) is 0 Å². The van der Waals surface area contributed by atoms with Crippen LogP contribution in [0, 0.1) is 5.92 Å². The molecule has 2 heterocycles. The minimum atomic E-state index is 0.506. The quantitative estimate of drug-likeness (QED) is 0.793. The molecule has 1 N–H and O–H groups in total. The zero-order valence-electron chi connectivity index (χ0n) is 11.7. The Morgan fingerprint density at radius 2 is 2.22 bits per heavy atom. The smallest absolute Gasteiger partial charge is 0.0386 e. The topological polar surface area (TPSA) is 15.3 Å². The molecule has 1 unspecified atom stereocenters. The van der Waals surface area contributed by atoms with Gasteiger partial charge in [-0.2, -0.15) is 0 Å². The molecule has 102 valence electrons. The zero-order chi connectivity index (χ0) is 12.8. The van der Waals surface area contributed by atoms with Crippen LogP contribution in [0.2, 0.25) is 0 Å². The first-order valence-corrected chi connectivity index (χ1v) is 8.13. The molecular weight excluding hydrogens is 240 g/mol. The lowest BCUT2D eigenvalue weighted by atomic mass is 9.99. The number of thiophene rings is 1. The molecule has 0 aliphatic carbocycles. The van der Waals surface area contributed by atoms with Crippen LogP contribution in [-0.2, 0) is 0 Å². The molecule has 1 aliphatic rings. The number of nitrogens with zero attached hydrogens (tertiary/aromatic N) is 1. The highest BCUT2D eigenvalue weighted by Crippen LogP contribution is 2.18. The van der Waals surface area contributed by atoms with Crippen LogP contribution in [0.4, 0.5) is 0 Å². The van der Waals surface area contributed by atoms with Crippen LogP contribution in [0.25, 0.3) is 0 Å². The number of rotatable bonds is 6. The summed E-state index contributed by atoms with van der Waals surface area (Å²) in [6, 6.07) is 4.85. The molecule has 1 aromatic rings. The molecule has 18 heavy (non-hydrogen) atoms. The van der Waals surface area contributed by atoms with Gasteiger partial charge >= 0.3 is 0 Å². The standard InChI is InChI=1S/C15H26N2S/c1-13-6-10-17(11-7-13)9-4-8-16-14(2)15-5-3-12-18-15/h3,5,12-14,16H,4,6-11H2,1-2H3. The molecule has 1 atom stereocenters. The molecule has 2 nitrogen and oxygen atoms in total. The Morgan fingerprint density at radius 1 is 1.44 bits per heavy atom. The van der Waals surface area contributed by atoms with Crippen molar-refractivity contribution in [3.05, 3.63) is 22.4 Å². The fourth-order valence-electron chi connectivity index (χ4n) is 2.55. The summed E-state index contributed by atoms with van der Waals surface area (Å²) in [7, 11) is 0. The van der Waals surface area contributed by atoms with Crippen molar-refractivity contribution in [3.63, 3.8) is 0 Å². The molecule has 0 amide bonds. The zero-order valence-corrected chi connectivity index (χ0v) is 12.5. The lowest BCUT2D eigenvalue weighted by molar-refractivity contribution is 0.190. The summed E-state index contributed by atoms with van der Waals surface area (Å²) in [6.45, 7) is 9.64. The lowest BCUT2D eigenvalue weighted by Crippen LogP contribution is -2.35. The molecule has 1 fully saturated rings. The maximum Gasteiger partial charge on any atom is 0.0386 e. The minimum Gasteiger partial charge on any atom is -0.309 e. The van der Waals surface area contributed by atoms with E-state index in [0.29, 0.717) is 6.04 Å². The van der Waals surface area contributed by atoms with Crippen LogP contribution >= 0.6 is 11.3 Å². The molecule has 1 aromatic heterocycles. The van der Waals surface area contributed by atoms with Gasteiger partial charge in [0.2, 0.25) is 0 Å². The molecule has 1 aliphatic heterocycles. The van der Waals surface area contributed by atoms with Crippen LogP contribution in [0.3, 0.4) is 0 Å². The maximum atomic E-state index is 3.62. The van der Waals surface area contributed by atoms with Gasteiger partial charge in [-0.3, -0.25) is 0 Å². The molecule has 0 spiro atoms. The molecule has 1 saturated heterocycles. The Kier molecular flexibility index (Phi) is 5.67. The fourth-order valence-corrected chi connectivity index (χ4v) is 3.30. The van der Waals surface area contributed by atoms with E-state index in [1.807, 2.05) is 11.3 Å². The van der Waals surface area contributed by atoms with Gasteiger partial charge < -0.3 is 10.2 Å². The fraction of sp³-hybridized carbons (Fsp3) is 0.733. The van der Waals surface area contributed by atoms with Gasteiger partial charge in [-0.15, -0.1) is 11.3 Å². The van der Waals surface area contributed by atoms with E-state index < -0.39 is 0 Å². The van der Waals surface area contributed by atoms with E-state index in [0.717, 1.165) is 12.5 Å². The van der Waals surface area contributed by atoms with Gasteiger partial charge in [-0.25, -0.2) is 0 Å². The number of piperidine rings is 1. The van der Waals surface area contributed by atoms with Gasteiger partial charge in [0.15, 0.2) is 0 Å². The highest BCUT2D eigenvalue weighted by atomic mass is 32.1. The van der Waals surface area contributed by atoms with Gasteiger partial charge in [-0.05, 0) is 69.7 Å². The van der Waals surface area contributed by atoms with Crippen molar-refractivity contribution in [2.24, 2.45) is 5.92 Å².